The van der Waals surface area contributed by atoms with Crippen molar-refractivity contribution in [2.45, 2.75) is 26.7 Å². The van der Waals surface area contributed by atoms with E-state index in [1.54, 1.807) is 7.11 Å². The summed E-state index contributed by atoms with van der Waals surface area (Å²) < 4.78 is 5.26. The number of hydrogen-bond donors (Lipinski definition) is 1. The summed E-state index contributed by atoms with van der Waals surface area (Å²) in [5.41, 5.74) is 8.15. The van der Waals surface area contributed by atoms with Crippen molar-refractivity contribution in [2.75, 3.05) is 13.7 Å². The van der Waals surface area contributed by atoms with Gasteiger partial charge in [0.05, 0.1) is 7.11 Å². The van der Waals surface area contributed by atoms with Crippen LogP contribution in [0.1, 0.15) is 32.3 Å². The molecule has 0 bridgehead atoms. The summed E-state index contributed by atoms with van der Waals surface area (Å²) in [6.45, 7) is 5.18. The molecule has 0 heterocycles. The Labute approximate surface area is 104 Å². The second-order valence-corrected chi connectivity index (χ2v) is 4.48. The molecule has 94 valence electrons. The van der Waals surface area contributed by atoms with Crippen molar-refractivity contribution in [3.63, 3.8) is 0 Å². The number of rotatable bonds is 6. The Hall–Kier alpha value is -1.28. The number of hydrogen-bond acceptors (Lipinski definition) is 2. The van der Waals surface area contributed by atoms with Gasteiger partial charge in [0, 0.05) is 0 Å². The first-order chi connectivity index (χ1) is 8.19. The molecule has 0 amide bonds. The first kappa shape index (κ1) is 13.8. The number of unbranched alkanes of at least 4 members (excludes halogenated alkanes) is 1. The molecule has 2 heteroatoms. The quantitative estimate of drug-likeness (QED) is 0.763. The normalized spacial score (nSPS) is 11.9. The minimum absolute atomic E-state index is 0.514. The van der Waals surface area contributed by atoms with Crippen LogP contribution in [0.25, 0.3) is 5.57 Å². The van der Waals surface area contributed by atoms with Crippen molar-refractivity contribution in [3.8, 4) is 5.75 Å². The van der Waals surface area contributed by atoms with Crippen molar-refractivity contribution in [1.82, 2.24) is 0 Å². The van der Waals surface area contributed by atoms with Crippen LogP contribution in [0.3, 0.4) is 0 Å². The maximum Gasteiger partial charge on any atom is 0.119 e. The van der Waals surface area contributed by atoms with Crippen LogP contribution in [-0.2, 0) is 0 Å². The summed E-state index contributed by atoms with van der Waals surface area (Å²) in [5.74, 6) is 1.42. The molecule has 0 aliphatic carbocycles. The summed E-state index contributed by atoms with van der Waals surface area (Å²) in [4.78, 5) is 0. The highest BCUT2D eigenvalue weighted by atomic mass is 16.5. The molecule has 0 fully saturated rings. The Kier molecular flexibility index (Phi) is 5.78. The number of nitrogens with two attached hydrogens (primary N) is 1. The van der Waals surface area contributed by atoms with Crippen molar-refractivity contribution >= 4 is 5.57 Å². The molecule has 1 aromatic rings. The number of allylic oxidation sites excluding steroid dienone is 2. The lowest BCUT2D eigenvalue weighted by Gasteiger charge is -2.13. The van der Waals surface area contributed by atoms with E-state index in [1.807, 2.05) is 12.1 Å². The molecule has 2 nitrogen and oxygen atoms in total. The summed E-state index contributed by atoms with van der Waals surface area (Å²) >= 11 is 0. The van der Waals surface area contributed by atoms with Crippen molar-refractivity contribution in [1.29, 1.82) is 0 Å². The zero-order valence-electron chi connectivity index (χ0n) is 11.1. The predicted octanol–water partition coefficient (Wildman–Crippen LogP) is 3.47. The zero-order valence-corrected chi connectivity index (χ0v) is 11.1. The van der Waals surface area contributed by atoms with E-state index in [0.717, 1.165) is 25.1 Å². The van der Waals surface area contributed by atoms with Gasteiger partial charge in [-0.15, -0.1) is 0 Å². The Morgan fingerprint density at radius 3 is 2.76 bits per heavy atom. The summed E-state index contributed by atoms with van der Waals surface area (Å²) in [6, 6.07) is 8.24. The lowest BCUT2D eigenvalue weighted by atomic mass is 9.94. The van der Waals surface area contributed by atoms with Gasteiger partial charge in [-0.05, 0) is 48.6 Å². The Balaban J connectivity index is 2.92. The lowest BCUT2D eigenvalue weighted by molar-refractivity contribution is 0.414. The first-order valence-electron chi connectivity index (χ1n) is 6.23. The fraction of sp³-hybridized carbons (Fsp3) is 0.467. The SMILES string of the molecule is COc1cccc(/C(=C/CCCN)C(C)C)c1. The van der Waals surface area contributed by atoms with Gasteiger partial charge in [-0.1, -0.05) is 32.1 Å². The van der Waals surface area contributed by atoms with Crippen LogP contribution in [0, 0.1) is 5.92 Å². The molecular weight excluding hydrogens is 210 g/mol. The molecule has 0 aliphatic rings. The van der Waals surface area contributed by atoms with Gasteiger partial charge in [0.15, 0.2) is 0 Å². The molecule has 0 radical (unpaired) electrons. The average Bonchev–Trinajstić information content (AvgIpc) is 2.34. The van der Waals surface area contributed by atoms with Crippen LogP contribution >= 0.6 is 0 Å². The summed E-state index contributed by atoms with van der Waals surface area (Å²) in [5, 5.41) is 0. The van der Waals surface area contributed by atoms with E-state index >= 15 is 0 Å². The molecule has 0 saturated carbocycles. The van der Waals surface area contributed by atoms with E-state index in [0.29, 0.717) is 5.92 Å². The van der Waals surface area contributed by atoms with Gasteiger partial charge in [-0.3, -0.25) is 0 Å². The van der Waals surface area contributed by atoms with E-state index in [4.69, 9.17) is 10.5 Å². The highest BCUT2D eigenvalue weighted by Crippen LogP contribution is 2.26. The molecule has 1 aromatic carbocycles. The maximum atomic E-state index is 5.53. The smallest absolute Gasteiger partial charge is 0.119 e. The van der Waals surface area contributed by atoms with Gasteiger partial charge in [0.1, 0.15) is 5.75 Å². The van der Waals surface area contributed by atoms with E-state index in [-0.39, 0.29) is 0 Å². The monoisotopic (exact) mass is 233 g/mol. The Bertz CT molecular complexity index is 369. The number of benzene rings is 1. The first-order valence-corrected chi connectivity index (χ1v) is 6.23. The van der Waals surface area contributed by atoms with Crippen LogP contribution in [-0.4, -0.2) is 13.7 Å². The van der Waals surface area contributed by atoms with Gasteiger partial charge < -0.3 is 10.5 Å². The molecule has 2 N–H and O–H groups in total. The van der Waals surface area contributed by atoms with Crippen LogP contribution in [0.5, 0.6) is 5.75 Å². The van der Waals surface area contributed by atoms with Crippen LogP contribution in [0.2, 0.25) is 0 Å². The average molecular weight is 233 g/mol. The van der Waals surface area contributed by atoms with E-state index in [1.165, 1.54) is 11.1 Å². The van der Waals surface area contributed by atoms with E-state index < -0.39 is 0 Å². The van der Waals surface area contributed by atoms with Gasteiger partial charge in [-0.2, -0.15) is 0 Å². The summed E-state index contributed by atoms with van der Waals surface area (Å²) in [7, 11) is 1.70. The van der Waals surface area contributed by atoms with Gasteiger partial charge in [0.25, 0.3) is 0 Å². The predicted molar refractivity (Wildman–Crippen MR) is 74.1 cm³/mol. The Morgan fingerprint density at radius 2 is 2.18 bits per heavy atom. The van der Waals surface area contributed by atoms with Crippen LogP contribution in [0.15, 0.2) is 30.3 Å². The highest BCUT2D eigenvalue weighted by molar-refractivity contribution is 5.68. The number of ether oxygens (including phenoxy) is 1. The zero-order chi connectivity index (χ0) is 12.7. The van der Waals surface area contributed by atoms with Gasteiger partial charge >= 0.3 is 0 Å². The topological polar surface area (TPSA) is 35.2 Å². The maximum absolute atomic E-state index is 5.53. The van der Waals surface area contributed by atoms with E-state index in [2.05, 4.69) is 32.1 Å². The molecule has 0 unspecified atom stereocenters. The molecular formula is C15H23NO. The molecule has 17 heavy (non-hydrogen) atoms. The molecule has 0 atom stereocenters. The van der Waals surface area contributed by atoms with E-state index in [9.17, 15) is 0 Å². The molecule has 0 aromatic heterocycles. The second-order valence-electron chi connectivity index (χ2n) is 4.48. The standard InChI is InChI=1S/C15H23NO/c1-12(2)15(9-4-5-10-16)13-7-6-8-14(11-13)17-3/h6-9,11-12H,4-5,10,16H2,1-3H3/b15-9+. The third-order valence-electron chi connectivity index (χ3n) is 2.80. The fourth-order valence-electron chi connectivity index (χ4n) is 1.86. The third-order valence-corrected chi connectivity index (χ3v) is 2.80. The third kappa shape index (κ3) is 4.23. The molecule has 0 saturated heterocycles. The highest BCUT2D eigenvalue weighted by Gasteiger charge is 2.06. The number of methoxy groups -OCH3 is 1. The Morgan fingerprint density at radius 1 is 1.41 bits per heavy atom. The lowest BCUT2D eigenvalue weighted by Crippen LogP contribution is -1.98. The summed E-state index contributed by atoms with van der Waals surface area (Å²) in [6.07, 6.45) is 4.38. The van der Waals surface area contributed by atoms with Crippen molar-refractivity contribution in [2.24, 2.45) is 11.7 Å². The second kappa shape index (κ2) is 7.13. The largest absolute Gasteiger partial charge is 0.497 e. The van der Waals surface area contributed by atoms with Crippen molar-refractivity contribution < 1.29 is 4.74 Å². The van der Waals surface area contributed by atoms with Gasteiger partial charge in [0.2, 0.25) is 0 Å². The fourth-order valence-corrected chi connectivity index (χ4v) is 1.86. The molecule has 0 aliphatic heterocycles. The minimum Gasteiger partial charge on any atom is -0.497 e. The van der Waals surface area contributed by atoms with Crippen LogP contribution in [0.4, 0.5) is 0 Å². The molecule has 0 spiro atoms. The molecule has 1 rings (SSSR count). The van der Waals surface area contributed by atoms with Gasteiger partial charge in [-0.25, -0.2) is 0 Å². The minimum atomic E-state index is 0.514. The van der Waals surface area contributed by atoms with Crippen LogP contribution < -0.4 is 10.5 Å². The van der Waals surface area contributed by atoms with Crippen molar-refractivity contribution in [3.05, 3.63) is 35.9 Å².